The van der Waals surface area contributed by atoms with Crippen molar-refractivity contribution in [3.63, 3.8) is 0 Å². The molecule has 0 amide bonds. The Morgan fingerprint density at radius 1 is 1.29 bits per heavy atom. The lowest BCUT2D eigenvalue weighted by Gasteiger charge is -2.17. The normalized spacial score (nSPS) is 17.6. The molecule has 17 heavy (non-hydrogen) atoms. The summed E-state index contributed by atoms with van der Waals surface area (Å²) in [5.41, 5.74) is 0.538. The van der Waals surface area contributed by atoms with E-state index in [1.807, 2.05) is 0 Å². The van der Waals surface area contributed by atoms with Gasteiger partial charge in [0.25, 0.3) is 0 Å². The molecule has 1 aromatic rings. The Morgan fingerprint density at radius 3 is 2.29 bits per heavy atom. The molecular formula is C11H12BrF2NO2. The lowest BCUT2D eigenvalue weighted by Crippen LogP contribution is -2.23. The first-order valence-corrected chi connectivity index (χ1v) is 5.91. The van der Waals surface area contributed by atoms with Crippen LogP contribution in [0.1, 0.15) is 12.8 Å². The smallest absolute Gasteiger partial charge is 0.424 e. The summed E-state index contributed by atoms with van der Waals surface area (Å²) >= 11 is 2.11. The second kappa shape index (κ2) is 4.42. The first-order chi connectivity index (χ1) is 7.92. The molecule has 0 atom stereocenters. The van der Waals surface area contributed by atoms with Gasteiger partial charge in [0.15, 0.2) is 0 Å². The summed E-state index contributed by atoms with van der Waals surface area (Å²) in [4.78, 5) is 0. The zero-order valence-corrected chi connectivity index (χ0v) is 10.8. The average molecular weight is 308 g/mol. The lowest BCUT2D eigenvalue weighted by atomic mass is 10.3. The van der Waals surface area contributed by atoms with Gasteiger partial charge in [-0.2, -0.15) is 8.78 Å². The number of benzene rings is 1. The van der Waals surface area contributed by atoms with Gasteiger partial charge in [-0.05, 0) is 37.1 Å². The molecule has 1 aliphatic rings. The number of halogens is 3. The Balaban J connectivity index is 1.98. The van der Waals surface area contributed by atoms with Crippen LogP contribution in [0.4, 0.5) is 14.5 Å². The molecule has 1 aliphatic carbocycles. The molecule has 1 aromatic carbocycles. The second-order valence-electron chi connectivity index (χ2n) is 3.90. The van der Waals surface area contributed by atoms with Crippen LogP contribution in [0.15, 0.2) is 24.3 Å². The molecule has 1 fully saturated rings. The van der Waals surface area contributed by atoms with Gasteiger partial charge < -0.3 is 14.8 Å². The standard InChI is InChI=1S/C11H12BrF2NO2/c1-16-10(6-7-10)15-8-2-4-9(5-3-8)17-11(12,13)14/h2-5,15H,6-7H2,1H3. The maximum Gasteiger partial charge on any atom is 0.459 e. The monoisotopic (exact) mass is 307 g/mol. The van der Waals surface area contributed by atoms with Crippen molar-refractivity contribution >= 4 is 21.6 Å². The average Bonchev–Trinajstić information content (AvgIpc) is 3.00. The number of rotatable bonds is 5. The molecule has 6 heteroatoms. The lowest BCUT2D eigenvalue weighted by molar-refractivity contribution is -0.0802. The van der Waals surface area contributed by atoms with E-state index >= 15 is 0 Å². The van der Waals surface area contributed by atoms with Crippen molar-refractivity contribution in [1.82, 2.24) is 0 Å². The third kappa shape index (κ3) is 3.54. The SMILES string of the molecule is COC1(Nc2ccc(OC(F)(F)Br)cc2)CC1. The fraction of sp³-hybridized carbons (Fsp3) is 0.455. The first-order valence-electron chi connectivity index (χ1n) is 5.12. The number of anilines is 1. The third-order valence-electron chi connectivity index (χ3n) is 2.55. The summed E-state index contributed by atoms with van der Waals surface area (Å²) < 4.78 is 34.7. The van der Waals surface area contributed by atoms with Crippen LogP contribution in [0.25, 0.3) is 0 Å². The Morgan fingerprint density at radius 2 is 1.88 bits per heavy atom. The number of hydrogen-bond donors (Lipinski definition) is 1. The molecule has 0 saturated heterocycles. The minimum absolute atomic E-state index is 0.0969. The van der Waals surface area contributed by atoms with Gasteiger partial charge in [-0.25, -0.2) is 0 Å². The highest BCUT2D eigenvalue weighted by molar-refractivity contribution is 9.09. The van der Waals surface area contributed by atoms with Crippen molar-refractivity contribution in [2.45, 2.75) is 23.6 Å². The van der Waals surface area contributed by atoms with E-state index < -0.39 is 5.02 Å². The maximum atomic E-state index is 12.5. The van der Waals surface area contributed by atoms with Crippen molar-refractivity contribution in [2.24, 2.45) is 0 Å². The van der Waals surface area contributed by atoms with Gasteiger partial charge in [0.2, 0.25) is 0 Å². The van der Waals surface area contributed by atoms with Crippen molar-refractivity contribution in [2.75, 3.05) is 12.4 Å². The van der Waals surface area contributed by atoms with Crippen LogP contribution < -0.4 is 10.1 Å². The Labute approximate surface area is 106 Å². The summed E-state index contributed by atoms with van der Waals surface area (Å²) in [5.74, 6) is 0.0969. The summed E-state index contributed by atoms with van der Waals surface area (Å²) in [5, 5.41) is -0.149. The van der Waals surface area contributed by atoms with Gasteiger partial charge in [-0.3, -0.25) is 0 Å². The van der Waals surface area contributed by atoms with Gasteiger partial charge in [0, 0.05) is 28.7 Å². The molecule has 1 saturated carbocycles. The summed E-state index contributed by atoms with van der Waals surface area (Å²) in [6.45, 7) is 0. The van der Waals surface area contributed by atoms with E-state index in [2.05, 4.69) is 26.0 Å². The van der Waals surface area contributed by atoms with Crippen molar-refractivity contribution in [3.05, 3.63) is 24.3 Å². The molecule has 0 unspecified atom stereocenters. The molecule has 0 spiro atoms. The van der Waals surface area contributed by atoms with Gasteiger partial charge >= 0.3 is 5.02 Å². The van der Waals surface area contributed by atoms with E-state index in [1.54, 1.807) is 19.2 Å². The van der Waals surface area contributed by atoms with E-state index in [0.29, 0.717) is 0 Å². The van der Waals surface area contributed by atoms with Crippen molar-refractivity contribution < 1.29 is 18.3 Å². The minimum Gasteiger partial charge on any atom is -0.424 e. The predicted molar refractivity (Wildman–Crippen MR) is 63.5 cm³/mol. The quantitative estimate of drug-likeness (QED) is 0.666. The van der Waals surface area contributed by atoms with Crippen LogP contribution in [0.2, 0.25) is 0 Å². The second-order valence-corrected chi connectivity index (χ2v) is 4.82. The number of methoxy groups -OCH3 is 1. The first kappa shape index (κ1) is 12.6. The molecule has 0 aromatic heterocycles. The molecule has 2 rings (SSSR count). The van der Waals surface area contributed by atoms with Crippen molar-refractivity contribution in [3.8, 4) is 5.75 Å². The third-order valence-corrected chi connectivity index (χ3v) is 2.72. The van der Waals surface area contributed by atoms with Crippen LogP contribution in [0, 0.1) is 0 Å². The molecule has 0 bridgehead atoms. The van der Waals surface area contributed by atoms with E-state index in [9.17, 15) is 8.78 Å². The minimum atomic E-state index is -3.34. The maximum absolute atomic E-state index is 12.5. The Bertz CT molecular complexity index is 387. The predicted octanol–water partition coefficient (Wildman–Crippen LogP) is 3.56. The summed E-state index contributed by atoms with van der Waals surface area (Å²) in [7, 11) is 1.64. The van der Waals surface area contributed by atoms with Gasteiger partial charge in [-0.15, -0.1) is 0 Å². The molecular weight excluding hydrogens is 296 g/mol. The fourth-order valence-electron chi connectivity index (χ4n) is 1.50. The highest BCUT2D eigenvalue weighted by atomic mass is 79.9. The van der Waals surface area contributed by atoms with E-state index in [1.165, 1.54) is 12.1 Å². The van der Waals surface area contributed by atoms with E-state index in [0.717, 1.165) is 18.5 Å². The zero-order chi connectivity index (χ0) is 12.5. The van der Waals surface area contributed by atoms with Gasteiger partial charge in [0.05, 0.1) is 0 Å². The van der Waals surface area contributed by atoms with Crippen LogP contribution in [-0.2, 0) is 4.74 Å². The summed E-state index contributed by atoms with van der Waals surface area (Å²) in [6, 6.07) is 6.30. The highest BCUT2D eigenvalue weighted by Crippen LogP contribution is 2.39. The van der Waals surface area contributed by atoms with Gasteiger partial charge in [-0.1, -0.05) is 0 Å². The van der Waals surface area contributed by atoms with Crippen molar-refractivity contribution in [1.29, 1.82) is 0 Å². The number of nitrogens with one attached hydrogen (secondary N) is 1. The molecule has 0 radical (unpaired) electrons. The topological polar surface area (TPSA) is 30.5 Å². The zero-order valence-electron chi connectivity index (χ0n) is 9.17. The van der Waals surface area contributed by atoms with Crippen LogP contribution in [-0.4, -0.2) is 17.9 Å². The Kier molecular flexibility index (Phi) is 3.27. The van der Waals surface area contributed by atoms with Crippen LogP contribution in [0.5, 0.6) is 5.75 Å². The van der Waals surface area contributed by atoms with Gasteiger partial charge in [0.1, 0.15) is 11.5 Å². The van der Waals surface area contributed by atoms with E-state index in [-0.39, 0.29) is 11.5 Å². The Hall–Kier alpha value is -0.880. The van der Waals surface area contributed by atoms with E-state index in [4.69, 9.17) is 4.74 Å². The number of hydrogen-bond acceptors (Lipinski definition) is 3. The fourth-order valence-corrected chi connectivity index (χ4v) is 1.68. The number of ether oxygens (including phenoxy) is 2. The summed E-state index contributed by atoms with van der Waals surface area (Å²) in [6.07, 6.45) is 1.89. The largest absolute Gasteiger partial charge is 0.459 e. The molecule has 1 N–H and O–H groups in total. The number of alkyl halides is 3. The molecule has 94 valence electrons. The highest BCUT2D eigenvalue weighted by Gasteiger charge is 2.43. The molecule has 0 heterocycles. The molecule has 0 aliphatic heterocycles. The van der Waals surface area contributed by atoms with Crippen LogP contribution in [0.3, 0.4) is 0 Å². The molecule has 3 nitrogen and oxygen atoms in total. The van der Waals surface area contributed by atoms with Crippen LogP contribution >= 0.6 is 15.9 Å².